The average Bonchev–Trinajstić information content (AvgIpc) is 1.98. The van der Waals surface area contributed by atoms with Gasteiger partial charge in [0, 0.05) is 6.54 Å². The number of hydrogen-bond donors (Lipinski definition) is 2. The Bertz CT molecular complexity index is 136. The molecule has 10 heavy (non-hydrogen) atoms. The Kier molecular flexibility index (Phi) is 5.02. The quantitative estimate of drug-likeness (QED) is 0.451. The van der Waals surface area contributed by atoms with Crippen LogP contribution in [-0.4, -0.2) is 24.0 Å². The molecule has 3 nitrogen and oxygen atoms in total. The van der Waals surface area contributed by atoms with Crippen LogP contribution in [0.1, 0.15) is 13.3 Å². The molecule has 4 heteroatoms. The van der Waals surface area contributed by atoms with Crippen LogP contribution in [0.2, 0.25) is 0 Å². The van der Waals surface area contributed by atoms with Crippen LogP contribution in [0.4, 0.5) is 0 Å². The van der Waals surface area contributed by atoms with Crippen molar-refractivity contribution in [2.45, 2.75) is 13.3 Å². The van der Waals surface area contributed by atoms with Crippen LogP contribution in [0, 0.1) is 0 Å². The minimum Gasteiger partial charge on any atom is -0.349 e. The maximum absolute atomic E-state index is 10.6. The van der Waals surface area contributed by atoms with Gasteiger partial charge in [0.2, 0.25) is 5.78 Å². The molecule has 0 radical (unpaired) electrons. The summed E-state index contributed by atoms with van der Waals surface area (Å²) in [5.41, 5.74) is 0. The van der Waals surface area contributed by atoms with Crippen LogP contribution in [0.5, 0.6) is 0 Å². The van der Waals surface area contributed by atoms with E-state index < -0.39 is 11.7 Å². The topological polar surface area (TPSA) is 46.2 Å². The van der Waals surface area contributed by atoms with E-state index in [-0.39, 0.29) is 5.75 Å². The summed E-state index contributed by atoms with van der Waals surface area (Å²) in [4.78, 5) is 21.2. The summed E-state index contributed by atoms with van der Waals surface area (Å²) in [5, 5.41) is 2.45. The Morgan fingerprint density at radius 2 is 2.10 bits per heavy atom. The minimum absolute atomic E-state index is 0.0183. The van der Waals surface area contributed by atoms with Gasteiger partial charge < -0.3 is 5.32 Å². The molecular formula is C6H11NO2S. The smallest absolute Gasteiger partial charge is 0.288 e. The lowest BCUT2D eigenvalue weighted by atomic mass is 10.4. The number of carbonyl (C=O) groups excluding carboxylic acids is 2. The summed E-state index contributed by atoms with van der Waals surface area (Å²) >= 11 is 3.67. The first-order valence-corrected chi connectivity index (χ1v) is 3.77. The average molecular weight is 161 g/mol. The van der Waals surface area contributed by atoms with Gasteiger partial charge in [-0.1, -0.05) is 6.92 Å². The first-order chi connectivity index (χ1) is 4.72. The Hall–Kier alpha value is -0.510. The first kappa shape index (κ1) is 9.49. The molecule has 0 unspecified atom stereocenters. The second-order valence-corrected chi connectivity index (χ2v) is 2.15. The van der Waals surface area contributed by atoms with Crippen molar-refractivity contribution in [1.82, 2.24) is 5.32 Å². The number of amides is 1. The van der Waals surface area contributed by atoms with Crippen molar-refractivity contribution in [3.05, 3.63) is 0 Å². The molecule has 0 aromatic heterocycles. The summed E-state index contributed by atoms with van der Waals surface area (Å²) in [7, 11) is 0. The number of ketones is 1. The first-order valence-electron chi connectivity index (χ1n) is 3.14. The Morgan fingerprint density at radius 1 is 1.50 bits per heavy atom. The van der Waals surface area contributed by atoms with Gasteiger partial charge in [0.15, 0.2) is 0 Å². The van der Waals surface area contributed by atoms with Gasteiger partial charge in [-0.15, -0.1) is 0 Å². The highest BCUT2D eigenvalue weighted by Crippen LogP contribution is 1.78. The van der Waals surface area contributed by atoms with Gasteiger partial charge in [0.1, 0.15) is 0 Å². The van der Waals surface area contributed by atoms with Crippen molar-refractivity contribution < 1.29 is 9.59 Å². The predicted molar refractivity (Wildman–Crippen MR) is 42.2 cm³/mol. The molecule has 0 aromatic rings. The summed E-state index contributed by atoms with van der Waals surface area (Å²) in [6, 6.07) is 0. The molecule has 1 amide bonds. The van der Waals surface area contributed by atoms with Crippen molar-refractivity contribution in [3.8, 4) is 0 Å². The van der Waals surface area contributed by atoms with Crippen LogP contribution in [0.25, 0.3) is 0 Å². The van der Waals surface area contributed by atoms with Gasteiger partial charge in [0.05, 0.1) is 5.75 Å². The molecule has 0 aliphatic heterocycles. The molecule has 58 valence electrons. The highest BCUT2D eigenvalue weighted by molar-refractivity contribution is 7.81. The van der Waals surface area contributed by atoms with Crippen LogP contribution in [-0.2, 0) is 9.59 Å². The van der Waals surface area contributed by atoms with Crippen LogP contribution in [0.3, 0.4) is 0 Å². The third-order valence-electron chi connectivity index (χ3n) is 0.932. The fourth-order valence-corrected chi connectivity index (χ4v) is 0.553. The number of thiol groups is 1. The van der Waals surface area contributed by atoms with E-state index in [1.165, 1.54) is 0 Å². The van der Waals surface area contributed by atoms with Gasteiger partial charge in [-0.25, -0.2) is 0 Å². The zero-order chi connectivity index (χ0) is 7.98. The lowest BCUT2D eigenvalue weighted by molar-refractivity contribution is -0.136. The van der Waals surface area contributed by atoms with Crippen LogP contribution < -0.4 is 5.32 Å². The Labute approximate surface area is 65.6 Å². The van der Waals surface area contributed by atoms with Gasteiger partial charge in [0.25, 0.3) is 5.91 Å². The minimum atomic E-state index is -0.531. The molecule has 0 fully saturated rings. The molecule has 0 atom stereocenters. The maximum atomic E-state index is 10.6. The van der Waals surface area contributed by atoms with Crippen LogP contribution in [0.15, 0.2) is 0 Å². The molecule has 1 N–H and O–H groups in total. The maximum Gasteiger partial charge on any atom is 0.288 e. The van der Waals surface area contributed by atoms with Crippen LogP contribution >= 0.6 is 12.6 Å². The fraction of sp³-hybridized carbons (Fsp3) is 0.667. The zero-order valence-electron chi connectivity index (χ0n) is 5.89. The van der Waals surface area contributed by atoms with Gasteiger partial charge in [-0.05, 0) is 6.42 Å². The lowest BCUT2D eigenvalue weighted by Crippen LogP contribution is -2.32. The number of carbonyl (C=O) groups is 2. The normalized spacial score (nSPS) is 9.00. The summed E-state index contributed by atoms with van der Waals surface area (Å²) in [6.45, 7) is 2.48. The molecule has 0 aliphatic carbocycles. The van der Waals surface area contributed by atoms with E-state index in [2.05, 4.69) is 17.9 Å². The molecule has 0 rings (SSSR count). The number of rotatable bonds is 4. The van der Waals surface area contributed by atoms with Crippen molar-refractivity contribution in [1.29, 1.82) is 0 Å². The SMILES string of the molecule is CCCNC(=O)C(=O)CS. The third-order valence-corrected chi connectivity index (χ3v) is 1.22. The largest absolute Gasteiger partial charge is 0.349 e. The molecule has 0 saturated heterocycles. The van der Waals surface area contributed by atoms with Crippen molar-refractivity contribution >= 4 is 24.3 Å². The molecule has 0 aliphatic rings. The fourth-order valence-electron chi connectivity index (χ4n) is 0.409. The molecular weight excluding hydrogens is 150 g/mol. The third kappa shape index (κ3) is 3.50. The zero-order valence-corrected chi connectivity index (χ0v) is 6.78. The Morgan fingerprint density at radius 3 is 2.50 bits per heavy atom. The predicted octanol–water partition coefficient (Wildman–Crippen LogP) is 0.0115. The summed E-state index contributed by atoms with van der Waals surface area (Å²) in [6.07, 6.45) is 0.839. The van der Waals surface area contributed by atoms with E-state index in [0.717, 1.165) is 6.42 Å². The van der Waals surface area contributed by atoms with Gasteiger partial charge in [-0.2, -0.15) is 12.6 Å². The number of hydrogen-bond acceptors (Lipinski definition) is 3. The molecule has 0 spiro atoms. The summed E-state index contributed by atoms with van der Waals surface area (Å²) in [5.74, 6) is -1.02. The monoisotopic (exact) mass is 161 g/mol. The van der Waals surface area contributed by atoms with E-state index in [9.17, 15) is 9.59 Å². The lowest BCUT2D eigenvalue weighted by Gasteiger charge is -1.98. The van der Waals surface area contributed by atoms with Crippen molar-refractivity contribution in [2.24, 2.45) is 0 Å². The molecule has 0 aromatic carbocycles. The van der Waals surface area contributed by atoms with E-state index in [4.69, 9.17) is 0 Å². The van der Waals surface area contributed by atoms with E-state index in [0.29, 0.717) is 6.54 Å². The van der Waals surface area contributed by atoms with E-state index in [1.54, 1.807) is 0 Å². The summed E-state index contributed by atoms with van der Waals surface area (Å²) < 4.78 is 0. The molecule has 0 heterocycles. The standard InChI is InChI=1S/C6H11NO2S/c1-2-3-7-6(9)5(8)4-10/h10H,2-4H2,1H3,(H,7,9). The highest BCUT2D eigenvalue weighted by Gasteiger charge is 2.08. The number of nitrogens with one attached hydrogen (secondary N) is 1. The van der Waals surface area contributed by atoms with Gasteiger partial charge >= 0.3 is 0 Å². The Balaban J connectivity index is 3.52. The number of Topliss-reactive ketones (excluding diaryl/α,β-unsaturated/α-hetero) is 1. The van der Waals surface area contributed by atoms with Gasteiger partial charge in [-0.3, -0.25) is 9.59 Å². The van der Waals surface area contributed by atoms with E-state index in [1.807, 2.05) is 6.92 Å². The second kappa shape index (κ2) is 5.29. The van der Waals surface area contributed by atoms with Crippen molar-refractivity contribution in [2.75, 3.05) is 12.3 Å². The molecule has 0 bridgehead atoms. The van der Waals surface area contributed by atoms with E-state index >= 15 is 0 Å². The van der Waals surface area contributed by atoms with Crippen molar-refractivity contribution in [3.63, 3.8) is 0 Å². The second-order valence-electron chi connectivity index (χ2n) is 1.84. The highest BCUT2D eigenvalue weighted by atomic mass is 32.1. The molecule has 0 saturated carbocycles.